The lowest BCUT2D eigenvalue weighted by Gasteiger charge is -2.21. The van der Waals surface area contributed by atoms with Gasteiger partial charge in [0.05, 0.1) is 17.9 Å². The normalized spacial score (nSPS) is 14.7. The summed E-state index contributed by atoms with van der Waals surface area (Å²) in [6, 6.07) is 8.15. The Morgan fingerprint density at radius 2 is 2.00 bits per heavy atom. The van der Waals surface area contributed by atoms with Gasteiger partial charge < -0.3 is 10.6 Å². The third-order valence-electron chi connectivity index (χ3n) is 4.59. The van der Waals surface area contributed by atoms with E-state index in [-0.39, 0.29) is 18.4 Å². The van der Waals surface area contributed by atoms with E-state index in [9.17, 15) is 9.18 Å². The zero-order valence-electron chi connectivity index (χ0n) is 16.0. The van der Waals surface area contributed by atoms with Gasteiger partial charge in [0.15, 0.2) is 0 Å². The highest BCUT2D eigenvalue weighted by atomic mass is 19.1. The maximum Gasteiger partial charge on any atom is 0.315 e. The van der Waals surface area contributed by atoms with E-state index in [1.807, 2.05) is 0 Å². The molecule has 2 heterocycles. The highest BCUT2D eigenvalue weighted by Gasteiger charge is 2.17. The van der Waals surface area contributed by atoms with Gasteiger partial charge in [-0.1, -0.05) is 32.0 Å². The fourth-order valence-corrected chi connectivity index (χ4v) is 3.40. The molecule has 1 aliphatic rings. The van der Waals surface area contributed by atoms with Crippen LogP contribution in [0.1, 0.15) is 37.2 Å². The summed E-state index contributed by atoms with van der Waals surface area (Å²) in [7, 11) is 0. The maximum absolute atomic E-state index is 13.6. The molecule has 0 fully saturated rings. The second-order valence-electron chi connectivity index (χ2n) is 7.46. The van der Waals surface area contributed by atoms with E-state index in [0.29, 0.717) is 18.0 Å². The Balaban J connectivity index is 1.50. The fourth-order valence-electron chi connectivity index (χ4n) is 3.40. The summed E-state index contributed by atoms with van der Waals surface area (Å²) in [5.41, 5.74) is 2.50. The van der Waals surface area contributed by atoms with Crippen molar-refractivity contribution in [2.45, 2.75) is 46.4 Å². The van der Waals surface area contributed by atoms with Crippen molar-refractivity contribution in [2.75, 3.05) is 13.1 Å². The fraction of sp³-hybridized carbons (Fsp3) is 0.500. The highest BCUT2D eigenvalue weighted by molar-refractivity contribution is 5.73. The van der Waals surface area contributed by atoms with E-state index < -0.39 is 0 Å². The first-order valence-corrected chi connectivity index (χ1v) is 9.54. The van der Waals surface area contributed by atoms with Gasteiger partial charge in [0.2, 0.25) is 0 Å². The number of carbonyl (C=O) groups excluding carboxylic acids is 1. The van der Waals surface area contributed by atoms with Crippen molar-refractivity contribution in [2.24, 2.45) is 5.92 Å². The minimum atomic E-state index is -0.331. The number of carbonyl (C=O) groups is 1. The van der Waals surface area contributed by atoms with Crippen LogP contribution in [0.25, 0.3) is 0 Å². The lowest BCUT2D eigenvalue weighted by molar-refractivity contribution is 0.239. The molecule has 0 bridgehead atoms. The Bertz CT molecular complexity index is 773. The summed E-state index contributed by atoms with van der Waals surface area (Å²) in [5.74, 6) is 0.320. The molecule has 7 heteroatoms. The number of amides is 2. The molecule has 0 unspecified atom stereocenters. The van der Waals surface area contributed by atoms with E-state index >= 15 is 0 Å². The van der Waals surface area contributed by atoms with Crippen LogP contribution < -0.4 is 10.6 Å². The average molecular weight is 373 g/mol. The summed E-state index contributed by atoms with van der Waals surface area (Å²) in [4.78, 5) is 14.4. The molecule has 0 radical (unpaired) electrons. The number of nitrogens with one attached hydrogen (secondary N) is 2. The van der Waals surface area contributed by atoms with Gasteiger partial charge in [-0.05, 0) is 24.5 Å². The number of hydrogen-bond acceptors (Lipinski definition) is 3. The minimum Gasteiger partial charge on any atom is -0.334 e. The van der Waals surface area contributed by atoms with Crippen LogP contribution in [0, 0.1) is 11.7 Å². The number of fused-ring (bicyclic) bond motifs is 1. The smallest absolute Gasteiger partial charge is 0.315 e. The van der Waals surface area contributed by atoms with Gasteiger partial charge in [-0.15, -0.1) is 0 Å². The van der Waals surface area contributed by atoms with Gasteiger partial charge in [0.1, 0.15) is 5.82 Å². The van der Waals surface area contributed by atoms with Crippen LogP contribution in [0.4, 0.5) is 9.18 Å². The molecule has 0 saturated carbocycles. The number of benzene rings is 1. The van der Waals surface area contributed by atoms with Crippen LogP contribution in [-0.2, 0) is 26.2 Å². The largest absolute Gasteiger partial charge is 0.334 e. The van der Waals surface area contributed by atoms with E-state index in [0.717, 1.165) is 38.3 Å². The third-order valence-corrected chi connectivity index (χ3v) is 4.59. The van der Waals surface area contributed by atoms with Crippen molar-refractivity contribution < 1.29 is 9.18 Å². The number of rotatable bonds is 6. The van der Waals surface area contributed by atoms with Gasteiger partial charge in [0.25, 0.3) is 0 Å². The number of aromatic nitrogens is 2. The molecular weight excluding hydrogens is 345 g/mol. The number of aryl methyl sites for hydroxylation is 1. The minimum absolute atomic E-state index is 0.155. The first-order chi connectivity index (χ1) is 13.0. The van der Waals surface area contributed by atoms with Crippen LogP contribution in [0.5, 0.6) is 0 Å². The van der Waals surface area contributed by atoms with Crippen LogP contribution in [-0.4, -0.2) is 33.8 Å². The van der Waals surface area contributed by atoms with Gasteiger partial charge in [0, 0.05) is 38.3 Å². The molecule has 0 spiro atoms. The summed E-state index contributed by atoms with van der Waals surface area (Å²) >= 11 is 0. The number of urea groups is 1. The Hall–Kier alpha value is -2.41. The first kappa shape index (κ1) is 19.4. The van der Waals surface area contributed by atoms with Crippen LogP contribution in [0.2, 0.25) is 0 Å². The standard InChI is InChI=1S/C20H28FN5O/c1-15(2)13-25-8-5-9-26-18(14-25)10-17(24-26)12-23-20(27)22-11-16-6-3-4-7-19(16)21/h3-4,6-7,10,15H,5,8-9,11-14H2,1-2H3,(H2,22,23,27). The molecule has 27 heavy (non-hydrogen) atoms. The van der Waals surface area contributed by atoms with E-state index in [2.05, 4.69) is 45.2 Å². The summed E-state index contributed by atoms with van der Waals surface area (Å²) in [5, 5.41) is 10.1. The predicted octanol–water partition coefficient (Wildman–Crippen LogP) is 2.88. The topological polar surface area (TPSA) is 62.2 Å². The van der Waals surface area contributed by atoms with Gasteiger partial charge in [-0.25, -0.2) is 9.18 Å². The molecule has 1 aliphatic heterocycles. The van der Waals surface area contributed by atoms with Crippen molar-refractivity contribution >= 4 is 6.03 Å². The van der Waals surface area contributed by atoms with Crippen molar-refractivity contribution in [1.29, 1.82) is 0 Å². The molecule has 2 N–H and O–H groups in total. The summed E-state index contributed by atoms with van der Waals surface area (Å²) in [6.45, 7) is 8.95. The molecule has 3 rings (SSSR count). The Morgan fingerprint density at radius 3 is 2.78 bits per heavy atom. The molecular formula is C20H28FN5O. The van der Waals surface area contributed by atoms with Crippen molar-refractivity contribution in [3.63, 3.8) is 0 Å². The molecule has 1 aromatic heterocycles. The van der Waals surface area contributed by atoms with Gasteiger partial charge in [-0.2, -0.15) is 5.10 Å². The van der Waals surface area contributed by atoms with Crippen LogP contribution >= 0.6 is 0 Å². The Labute approximate surface area is 159 Å². The highest BCUT2D eigenvalue weighted by Crippen LogP contribution is 2.15. The lowest BCUT2D eigenvalue weighted by atomic mass is 10.2. The molecule has 6 nitrogen and oxygen atoms in total. The van der Waals surface area contributed by atoms with Gasteiger partial charge in [-0.3, -0.25) is 9.58 Å². The van der Waals surface area contributed by atoms with Crippen molar-refractivity contribution in [3.05, 3.63) is 53.1 Å². The van der Waals surface area contributed by atoms with E-state index in [1.165, 1.54) is 11.8 Å². The maximum atomic E-state index is 13.6. The zero-order valence-corrected chi connectivity index (χ0v) is 16.0. The summed E-state index contributed by atoms with van der Waals surface area (Å²) in [6.07, 6.45) is 1.08. The number of hydrogen-bond donors (Lipinski definition) is 2. The third kappa shape index (κ3) is 5.53. The Morgan fingerprint density at radius 1 is 1.22 bits per heavy atom. The molecule has 0 atom stereocenters. The van der Waals surface area contributed by atoms with Gasteiger partial charge >= 0.3 is 6.03 Å². The van der Waals surface area contributed by atoms with Crippen molar-refractivity contribution in [1.82, 2.24) is 25.3 Å². The van der Waals surface area contributed by atoms with E-state index in [1.54, 1.807) is 18.2 Å². The van der Waals surface area contributed by atoms with Crippen molar-refractivity contribution in [3.8, 4) is 0 Å². The predicted molar refractivity (Wildman–Crippen MR) is 102 cm³/mol. The zero-order chi connectivity index (χ0) is 19.2. The molecule has 1 aromatic carbocycles. The SMILES string of the molecule is CC(C)CN1CCCn2nc(CNC(=O)NCc3ccccc3F)cc2C1. The molecule has 2 amide bonds. The number of halogens is 1. The quantitative estimate of drug-likeness (QED) is 0.818. The second kappa shape index (κ2) is 8.99. The van der Waals surface area contributed by atoms with Crippen LogP contribution in [0.3, 0.4) is 0 Å². The summed E-state index contributed by atoms with van der Waals surface area (Å²) < 4.78 is 15.6. The molecule has 2 aromatic rings. The molecule has 0 aliphatic carbocycles. The lowest BCUT2D eigenvalue weighted by Crippen LogP contribution is -2.34. The van der Waals surface area contributed by atoms with E-state index in [4.69, 9.17) is 0 Å². The second-order valence-corrected chi connectivity index (χ2v) is 7.46. The first-order valence-electron chi connectivity index (χ1n) is 9.54. The Kier molecular flexibility index (Phi) is 6.45. The van der Waals surface area contributed by atoms with Crippen LogP contribution in [0.15, 0.2) is 30.3 Å². The molecule has 146 valence electrons. The average Bonchev–Trinajstić information content (AvgIpc) is 2.91. The molecule has 0 saturated heterocycles. The number of nitrogens with zero attached hydrogens (tertiary/aromatic N) is 3. The monoisotopic (exact) mass is 373 g/mol.